The Morgan fingerprint density at radius 2 is 2.25 bits per heavy atom. The summed E-state index contributed by atoms with van der Waals surface area (Å²) in [5.41, 5.74) is -2.33. The van der Waals surface area contributed by atoms with Gasteiger partial charge >= 0.3 is 6.18 Å². The Morgan fingerprint density at radius 3 is 2.69 bits per heavy atom. The van der Waals surface area contributed by atoms with Crippen molar-refractivity contribution in [3.05, 3.63) is 0 Å². The number of nitriles is 1. The first kappa shape index (κ1) is 12.8. The summed E-state index contributed by atoms with van der Waals surface area (Å²) in [4.78, 5) is 11.5. The molecule has 2 N–H and O–H groups in total. The highest BCUT2D eigenvalue weighted by atomic mass is 19.4. The van der Waals surface area contributed by atoms with Crippen molar-refractivity contribution in [2.24, 2.45) is 5.41 Å². The molecule has 1 heterocycles. The smallest absolute Gasteiger partial charge is 0.354 e. The summed E-state index contributed by atoms with van der Waals surface area (Å²) in [7, 11) is 0. The molecular formula is C9H12F3N3O. The lowest BCUT2D eigenvalue weighted by Gasteiger charge is -2.29. The highest BCUT2D eigenvalue weighted by Crippen LogP contribution is 2.43. The van der Waals surface area contributed by atoms with Crippen molar-refractivity contribution in [2.45, 2.75) is 19.0 Å². The van der Waals surface area contributed by atoms with Crippen molar-refractivity contribution >= 4 is 5.91 Å². The van der Waals surface area contributed by atoms with Crippen molar-refractivity contribution in [2.75, 3.05) is 19.6 Å². The summed E-state index contributed by atoms with van der Waals surface area (Å²) in [6.07, 6.45) is -4.81. The number of carbonyl (C=O) groups excluding carboxylic acids is 1. The third-order valence-corrected chi connectivity index (χ3v) is 2.65. The van der Waals surface area contributed by atoms with Crippen LogP contribution in [0.5, 0.6) is 0 Å². The fraction of sp³-hybridized carbons (Fsp3) is 0.778. The van der Waals surface area contributed by atoms with Crippen LogP contribution in [0.15, 0.2) is 0 Å². The number of halogens is 3. The first-order valence-corrected chi connectivity index (χ1v) is 4.87. The van der Waals surface area contributed by atoms with Crippen molar-refractivity contribution in [3.8, 4) is 6.07 Å². The van der Waals surface area contributed by atoms with Gasteiger partial charge in [-0.2, -0.15) is 18.4 Å². The average Bonchev–Trinajstić information content (AvgIpc) is 2.66. The molecule has 1 aliphatic rings. The van der Waals surface area contributed by atoms with Gasteiger partial charge in [0.05, 0.1) is 12.5 Å². The Bertz CT molecular complexity index is 302. The minimum absolute atomic E-state index is 0.00705. The molecule has 0 aliphatic carbocycles. The van der Waals surface area contributed by atoms with Gasteiger partial charge in [0, 0.05) is 13.1 Å². The molecular weight excluding hydrogens is 223 g/mol. The fourth-order valence-corrected chi connectivity index (χ4v) is 1.66. The van der Waals surface area contributed by atoms with E-state index in [1.165, 1.54) is 0 Å². The number of nitrogens with zero attached hydrogens (tertiary/aromatic N) is 1. The maximum Gasteiger partial charge on any atom is 0.404 e. The molecule has 1 aliphatic heterocycles. The summed E-state index contributed by atoms with van der Waals surface area (Å²) in [6.45, 7) is -0.271. The Kier molecular flexibility index (Phi) is 3.75. The normalized spacial score (nSPS) is 25.1. The highest BCUT2D eigenvalue weighted by Gasteiger charge is 2.61. The van der Waals surface area contributed by atoms with Gasteiger partial charge in [0.15, 0.2) is 5.41 Å². The molecule has 0 radical (unpaired) electrons. The zero-order chi connectivity index (χ0) is 12.2. The molecule has 1 amide bonds. The van der Waals surface area contributed by atoms with E-state index in [0.717, 1.165) is 0 Å². The number of hydrogen-bond donors (Lipinski definition) is 2. The maximum atomic E-state index is 12.8. The third-order valence-electron chi connectivity index (χ3n) is 2.65. The van der Waals surface area contributed by atoms with Crippen molar-refractivity contribution in [1.29, 1.82) is 5.26 Å². The monoisotopic (exact) mass is 235 g/mol. The van der Waals surface area contributed by atoms with Crippen LogP contribution < -0.4 is 10.6 Å². The quantitative estimate of drug-likeness (QED) is 0.702. The second-order valence-electron chi connectivity index (χ2n) is 3.67. The SMILES string of the molecule is N#CCCNC(=O)C1(C(F)(F)F)CCNC1. The van der Waals surface area contributed by atoms with Gasteiger partial charge in [-0.25, -0.2) is 0 Å². The van der Waals surface area contributed by atoms with Crippen LogP contribution in [0, 0.1) is 16.7 Å². The van der Waals surface area contributed by atoms with Gasteiger partial charge in [-0.05, 0) is 13.0 Å². The van der Waals surface area contributed by atoms with E-state index in [-0.39, 0.29) is 25.9 Å². The first-order chi connectivity index (χ1) is 7.44. The number of carbonyl (C=O) groups is 1. The number of alkyl halides is 3. The first-order valence-electron chi connectivity index (χ1n) is 4.87. The Balaban J connectivity index is 2.71. The van der Waals surface area contributed by atoms with Gasteiger partial charge in [0.25, 0.3) is 0 Å². The van der Waals surface area contributed by atoms with Crippen molar-refractivity contribution in [1.82, 2.24) is 10.6 Å². The molecule has 90 valence electrons. The molecule has 0 bridgehead atoms. The van der Waals surface area contributed by atoms with Crippen molar-refractivity contribution < 1.29 is 18.0 Å². The molecule has 0 aromatic carbocycles. The van der Waals surface area contributed by atoms with E-state index in [0.29, 0.717) is 0 Å². The molecule has 0 aromatic rings. The van der Waals surface area contributed by atoms with Crippen LogP contribution in [-0.4, -0.2) is 31.7 Å². The molecule has 4 nitrogen and oxygen atoms in total. The summed E-state index contributed by atoms with van der Waals surface area (Å²) in [5.74, 6) is -1.04. The van der Waals surface area contributed by atoms with E-state index in [2.05, 4.69) is 10.6 Å². The third kappa shape index (κ3) is 2.27. The van der Waals surface area contributed by atoms with E-state index >= 15 is 0 Å². The maximum absolute atomic E-state index is 12.8. The minimum Gasteiger partial charge on any atom is -0.354 e. The summed E-state index contributed by atoms with van der Waals surface area (Å²) < 4.78 is 38.4. The molecule has 1 unspecified atom stereocenters. The van der Waals surface area contributed by atoms with E-state index < -0.39 is 24.0 Å². The molecule has 1 atom stereocenters. The number of rotatable bonds is 3. The Hall–Kier alpha value is -1.29. The largest absolute Gasteiger partial charge is 0.404 e. The summed E-state index contributed by atoms with van der Waals surface area (Å²) in [6, 6.07) is 1.75. The lowest BCUT2D eigenvalue weighted by molar-refractivity contribution is -0.215. The van der Waals surface area contributed by atoms with E-state index in [1.807, 2.05) is 0 Å². The van der Waals surface area contributed by atoms with E-state index in [9.17, 15) is 18.0 Å². The Morgan fingerprint density at radius 1 is 1.56 bits per heavy atom. The highest BCUT2D eigenvalue weighted by molar-refractivity contribution is 5.84. The van der Waals surface area contributed by atoms with E-state index in [4.69, 9.17) is 5.26 Å². The standard InChI is InChI=1S/C9H12F3N3O/c10-9(11,12)8(2-5-14-6-8)7(16)15-4-1-3-13/h14H,1-2,4-6H2,(H,15,16). The molecule has 7 heteroatoms. The van der Waals surface area contributed by atoms with Gasteiger partial charge in [0.2, 0.25) is 5.91 Å². The molecule has 1 saturated heterocycles. The van der Waals surface area contributed by atoms with Crippen LogP contribution in [0.1, 0.15) is 12.8 Å². The van der Waals surface area contributed by atoms with Crippen molar-refractivity contribution in [3.63, 3.8) is 0 Å². The fourth-order valence-electron chi connectivity index (χ4n) is 1.66. The van der Waals surface area contributed by atoms with Crippen LogP contribution >= 0.6 is 0 Å². The average molecular weight is 235 g/mol. The van der Waals surface area contributed by atoms with Gasteiger partial charge in [-0.1, -0.05) is 0 Å². The molecule has 1 fully saturated rings. The zero-order valence-corrected chi connectivity index (χ0v) is 8.52. The zero-order valence-electron chi connectivity index (χ0n) is 8.52. The van der Waals surface area contributed by atoms with Crippen LogP contribution in [0.4, 0.5) is 13.2 Å². The van der Waals surface area contributed by atoms with Gasteiger partial charge < -0.3 is 10.6 Å². The second-order valence-corrected chi connectivity index (χ2v) is 3.67. The summed E-state index contributed by atoms with van der Waals surface area (Å²) in [5, 5.41) is 12.9. The predicted octanol–water partition coefficient (Wildman–Crippen LogP) is 0.558. The molecule has 0 aromatic heterocycles. The lowest BCUT2D eigenvalue weighted by atomic mass is 9.85. The number of amides is 1. The van der Waals surface area contributed by atoms with Gasteiger partial charge in [-0.15, -0.1) is 0 Å². The Labute approximate surface area is 90.8 Å². The molecule has 1 rings (SSSR count). The molecule has 16 heavy (non-hydrogen) atoms. The topological polar surface area (TPSA) is 64.9 Å². The molecule has 0 saturated carbocycles. The minimum atomic E-state index is -4.56. The second kappa shape index (κ2) is 4.70. The number of nitrogens with one attached hydrogen (secondary N) is 2. The lowest BCUT2D eigenvalue weighted by Crippen LogP contribution is -2.52. The number of hydrogen-bond acceptors (Lipinski definition) is 3. The van der Waals surface area contributed by atoms with E-state index in [1.54, 1.807) is 6.07 Å². The van der Waals surface area contributed by atoms with Crippen LogP contribution in [0.25, 0.3) is 0 Å². The van der Waals surface area contributed by atoms with Gasteiger partial charge in [-0.3, -0.25) is 4.79 Å². The van der Waals surface area contributed by atoms with Crippen LogP contribution in [0.3, 0.4) is 0 Å². The van der Waals surface area contributed by atoms with Gasteiger partial charge in [0.1, 0.15) is 0 Å². The summed E-state index contributed by atoms with van der Waals surface area (Å²) >= 11 is 0. The van der Waals surface area contributed by atoms with Crippen LogP contribution in [-0.2, 0) is 4.79 Å². The molecule has 0 spiro atoms. The van der Waals surface area contributed by atoms with Crippen LogP contribution in [0.2, 0.25) is 0 Å². The predicted molar refractivity (Wildman–Crippen MR) is 49.2 cm³/mol.